The van der Waals surface area contributed by atoms with Crippen LogP contribution in [0.4, 0.5) is 0 Å². The van der Waals surface area contributed by atoms with Gasteiger partial charge < -0.3 is 0 Å². The lowest BCUT2D eigenvalue weighted by Gasteiger charge is -2.22. The Balaban J connectivity index is 1.33. The second-order valence-electron chi connectivity index (χ2n) is 10.6. The van der Waals surface area contributed by atoms with Gasteiger partial charge in [0, 0.05) is 16.5 Å². The van der Waals surface area contributed by atoms with E-state index in [-0.39, 0.29) is 5.41 Å². The van der Waals surface area contributed by atoms with Gasteiger partial charge in [0.15, 0.2) is 11.7 Å². The lowest BCUT2D eigenvalue weighted by Crippen LogP contribution is -2.14. The Morgan fingerprint density at radius 3 is 1.95 bits per heavy atom. The highest BCUT2D eigenvalue weighted by Crippen LogP contribution is 2.49. The molecule has 0 radical (unpaired) electrons. The van der Waals surface area contributed by atoms with Crippen molar-refractivity contribution in [1.29, 1.82) is 0 Å². The van der Waals surface area contributed by atoms with Crippen molar-refractivity contribution in [2.75, 3.05) is 0 Å². The van der Waals surface area contributed by atoms with Crippen molar-refractivity contribution < 1.29 is 0 Å². The van der Waals surface area contributed by atoms with Crippen LogP contribution >= 0.6 is 0 Å². The Bertz CT molecular complexity index is 1750. The number of hydrogen-bond acceptors (Lipinski definition) is 1. The summed E-state index contributed by atoms with van der Waals surface area (Å²) in [6, 6.07) is 44.2. The van der Waals surface area contributed by atoms with E-state index in [9.17, 15) is 0 Å². The van der Waals surface area contributed by atoms with Gasteiger partial charge in [0.2, 0.25) is 0 Å². The molecule has 5 aromatic rings. The molecule has 1 aliphatic rings. The van der Waals surface area contributed by atoms with E-state index in [1.165, 1.54) is 33.4 Å². The van der Waals surface area contributed by atoms with E-state index in [1.54, 1.807) is 0 Å². The van der Waals surface area contributed by atoms with Gasteiger partial charge in [0.25, 0.3) is 0 Å². The molecular formula is C37H31N3. The minimum atomic E-state index is -0.0257. The monoisotopic (exact) mass is 517 g/mol. The Morgan fingerprint density at radius 2 is 1.23 bits per heavy atom. The van der Waals surface area contributed by atoms with Gasteiger partial charge in [-0.1, -0.05) is 129 Å². The molecule has 3 heteroatoms. The van der Waals surface area contributed by atoms with E-state index in [0.29, 0.717) is 18.2 Å². The van der Waals surface area contributed by atoms with Crippen molar-refractivity contribution in [2.45, 2.75) is 25.8 Å². The van der Waals surface area contributed by atoms with E-state index < -0.39 is 0 Å². The maximum absolute atomic E-state index is 4.96. The average molecular weight is 518 g/mol. The molecule has 0 heterocycles. The van der Waals surface area contributed by atoms with Crippen LogP contribution in [0.25, 0.3) is 22.3 Å². The Kier molecular flexibility index (Phi) is 6.79. The normalized spacial score (nSPS) is 13.9. The zero-order valence-electron chi connectivity index (χ0n) is 22.9. The highest BCUT2D eigenvalue weighted by molar-refractivity contribution is 6.12. The summed E-state index contributed by atoms with van der Waals surface area (Å²) >= 11 is 0. The van der Waals surface area contributed by atoms with Gasteiger partial charge in [-0.15, -0.1) is 0 Å². The lowest BCUT2D eigenvalue weighted by molar-refractivity contribution is 0.660. The molecule has 0 aliphatic heterocycles. The number of rotatable bonds is 5. The number of aliphatic imine (C=N–C) groups is 3. The molecule has 3 nitrogen and oxygen atoms in total. The third-order valence-corrected chi connectivity index (χ3v) is 7.68. The molecule has 0 N–H and O–H groups in total. The Morgan fingerprint density at radius 1 is 0.600 bits per heavy atom. The van der Waals surface area contributed by atoms with Crippen molar-refractivity contribution in [3.05, 3.63) is 155 Å². The lowest BCUT2D eigenvalue weighted by atomic mass is 9.81. The fraction of sp³-hybridized carbons (Fsp3) is 0.108. The number of hydrogen-bond donors (Lipinski definition) is 0. The smallest absolute Gasteiger partial charge is 0.161 e. The van der Waals surface area contributed by atoms with Crippen LogP contribution in [-0.4, -0.2) is 18.4 Å². The van der Waals surface area contributed by atoms with Gasteiger partial charge in [-0.2, -0.15) is 0 Å². The number of amidine groups is 2. The van der Waals surface area contributed by atoms with E-state index in [1.807, 2.05) is 60.7 Å². The summed E-state index contributed by atoms with van der Waals surface area (Å²) in [5.74, 6) is 1.19. The summed E-state index contributed by atoms with van der Waals surface area (Å²) in [6.45, 7) is 8.90. The third kappa shape index (κ3) is 4.83. The first kappa shape index (κ1) is 25.4. The van der Waals surface area contributed by atoms with Crippen LogP contribution in [0.5, 0.6) is 0 Å². The van der Waals surface area contributed by atoms with E-state index in [2.05, 4.69) is 92.3 Å². The van der Waals surface area contributed by atoms with Crippen molar-refractivity contribution in [3.63, 3.8) is 0 Å². The van der Waals surface area contributed by atoms with E-state index in [0.717, 1.165) is 16.7 Å². The van der Waals surface area contributed by atoms with Gasteiger partial charge in [0.05, 0.1) is 6.54 Å². The molecule has 6 rings (SSSR count). The average Bonchev–Trinajstić information content (AvgIpc) is 3.24. The Hall–Kier alpha value is -4.89. The van der Waals surface area contributed by atoms with Crippen molar-refractivity contribution >= 4 is 18.4 Å². The van der Waals surface area contributed by atoms with Crippen molar-refractivity contribution in [3.8, 4) is 22.3 Å². The van der Waals surface area contributed by atoms with Crippen LogP contribution in [0.15, 0.2) is 142 Å². The number of fused-ring (bicyclic) bond motifs is 3. The standard InChI is InChI=1S/C37H31N3/c1-37(2)33-20-11-10-19-31(33)32-22-21-30(24-34(32)37)29-18-12-13-26(23-29)25-39-36(28-16-8-5-9-17-28)40-35(38-3)27-14-6-4-7-15-27/h4-24H,3,25H2,1-2H3/b39-36-,40-35-. The van der Waals surface area contributed by atoms with Gasteiger partial charge in [0.1, 0.15) is 0 Å². The molecule has 0 saturated heterocycles. The summed E-state index contributed by atoms with van der Waals surface area (Å²) in [5.41, 5.74) is 10.8. The summed E-state index contributed by atoms with van der Waals surface area (Å²) in [6.07, 6.45) is 0. The fourth-order valence-electron chi connectivity index (χ4n) is 5.56. The molecule has 0 fully saturated rings. The molecule has 0 atom stereocenters. The quantitative estimate of drug-likeness (QED) is 0.165. The van der Waals surface area contributed by atoms with Crippen LogP contribution in [0, 0.1) is 0 Å². The minimum Gasteiger partial charge on any atom is -0.261 e. The first-order chi connectivity index (χ1) is 19.5. The van der Waals surface area contributed by atoms with Crippen LogP contribution in [-0.2, 0) is 12.0 Å². The van der Waals surface area contributed by atoms with Gasteiger partial charge >= 0.3 is 0 Å². The summed E-state index contributed by atoms with van der Waals surface area (Å²) in [5, 5.41) is 0. The van der Waals surface area contributed by atoms with Gasteiger partial charge in [-0.3, -0.25) is 4.99 Å². The molecule has 0 unspecified atom stereocenters. The maximum Gasteiger partial charge on any atom is 0.161 e. The molecule has 0 aromatic heterocycles. The van der Waals surface area contributed by atoms with Crippen molar-refractivity contribution in [2.24, 2.45) is 15.0 Å². The van der Waals surface area contributed by atoms with Crippen LogP contribution in [0.1, 0.15) is 41.7 Å². The molecule has 0 amide bonds. The zero-order chi connectivity index (χ0) is 27.5. The molecule has 5 aromatic carbocycles. The SMILES string of the molecule is C=N/C(=N\C(=N/Cc1cccc(-c2ccc3c(c2)C(C)(C)c2ccccc2-3)c1)c1ccccc1)c1ccccc1. The first-order valence-corrected chi connectivity index (χ1v) is 13.6. The Labute approximate surface area is 236 Å². The second-order valence-corrected chi connectivity index (χ2v) is 10.6. The molecule has 0 bridgehead atoms. The number of benzene rings is 5. The zero-order valence-corrected chi connectivity index (χ0v) is 22.9. The first-order valence-electron chi connectivity index (χ1n) is 13.6. The van der Waals surface area contributed by atoms with E-state index >= 15 is 0 Å². The second kappa shape index (κ2) is 10.7. The molecule has 0 spiro atoms. The molecular weight excluding hydrogens is 486 g/mol. The molecule has 1 aliphatic carbocycles. The fourth-order valence-corrected chi connectivity index (χ4v) is 5.56. The summed E-state index contributed by atoms with van der Waals surface area (Å²) < 4.78 is 0. The van der Waals surface area contributed by atoms with Crippen molar-refractivity contribution in [1.82, 2.24) is 0 Å². The molecule has 40 heavy (non-hydrogen) atoms. The molecule has 194 valence electrons. The van der Waals surface area contributed by atoms with Crippen LogP contribution in [0.3, 0.4) is 0 Å². The van der Waals surface area contributed by atoms with Crippen LogP contribution < -0.4 is 0 Å². The predicted octanol–water partition coefficient (Wildman–Crippen LogP) is 8.75. The third-order valence-electron chi connectivity index (χ3n) is 7.68. The number of nitrogens with zero attached hydrogens (tertiary/aromatic N) is 3. The molecule has 0 saturated carbocycles. The summed E-state index contributed by atoms with van der Waals surface area (Å²) in [4.78, 5) is 14.0. The van der Waals surface area contributed by atoms with Crippen LogP contribution in [0.2, 0.25) is 0 Å². The van der Waals surface area contributed by atoms with E-state index in [4.69, 9.17) is 9.98 Å². The summed E-state index contributed by atoms with van der Waals surface area (Å²) in [7, 11) is 0. The highest BCUT2D eigenvalue weighted by atomic mass is 15.0. The largest absolute Gasteiger partial charge is 0.261 e. The van der Waals surface area contributed by atoms with Gasteiger partial charge in [-0.25, -0.2) is 9.98 Å². The minimum absolute atomic E-state index is 0.0257. The maximum atomic E-state index is 4.96. The topological polar surface area (TPSA) is 37.1 Å². The highest BCUT2D eigenvalue weighted by Gasteiger charge is 2.35. The van der Waals surface area contributed by atoms with Gasteiger partial charge in [-0.05, 0) is 57.8 Å². The predicted molar refractivity (Wildman–Crippen MR) is 169 cm³/mol.